The lowest BCUT2D eigenvalue weighted by Crippen LogP contribution is -2.30. The van der Waals surface area contributed by atoms with Gasteiger partial charge in [-0.25, -0.2) is 0 Å². The number of nitrogens with two attached hydrogens (primary N) is 1. The first kappa shape index (κ1) is 16.2. The molecule has 112 valence electrons. The number of benzene rings is 2. The number of hydrogen-bond donors (Lipinski definition) is 1. The molecule has 0 spiro atoms. The second-order valence-corrected chi connectivity index (χ2v) is 6.53. The number of rotatable bonds is 5. The molecule has 0 aromatic heterocycles. The molecule has 0 saturated carbocycles. The van der Waals surface area contributed by atoms with Crippen LogP contribution in [0, 0.1) is 13.8 Å². The first-order chi connectivity index (χ1) is 10.0. The van der Waals surface area contributed by atoms with Gasteiger partial charge < -0.3 is 5.73 Å². The van der Waals surface area contributed by atoms with Crippen LogP contribution in [0.2, 0.25) is 0 Å². The molecule has 0 aliphatic rings. The zero-order valence-electron chi connectivity index (χ0n) is 12.9. The number of halogens is 1. The summed E-state index contributed by atoms with van der Waals surface area (Å²) in [6, 6.07) is 15.3. The largest absolute Gasteiger partial charge is 0.329 e. The summed E-state index contributed by atoms with van der Waals surface area (Å²) < 4.78 is 1.13. The highest BCUT2D eigenvalue weighted by molar-refractivity contribution is 9.10. The lowest BCUT2D eigenvalue weighted by atomic mass is 10.0. The Bertz CT molecular complexity index is 610. The number of aryl methyl sites for hydroxylation is 2. The molecular formula is C18H23BrN2. The Kier molecular flexibility index (Phi) is 5.57. The van der Waals surface area contributed by atoms with Crippen molar-refractivity contribution < 1.29 is 0 Å². The van der Waals surface area contributed by atoms with Crippen molar-refractivity contribution in [2.45, 2.75) is 26.4 Å². The monoisotopic (exact) mass is 346 g/mol. The van der Waals surface area contributed by atoms with E-state index in [1.54, 1.807) is 0 Å². The van der Waals surface area contributed by atoms with Crippen LogP contribution in [0.4, 0.5) is 0 Å². The lowest BCUT2D eigenvalue weighted by molar-refractivity contribution is 0.241. The minimum absolute atomic E-state index is 0.209. The molecule has 0 saturated heterocycles. The van der Waals surface area contributed by atoms with E-state index in [4.69, 9.17) is 5.73 Å². The van der Waals surface area contributed by atoms with E-state index < -0.39 is 0 Å². The van der Waals surface area contributed by atoms with E-state index in [1.165, 1.54) is 22.3 Å². The Morgan fingerprint density at radius 2 is 1.81 bits per heavy atom. The summed E-state index contributed by atoms with van der Waals surface area (Å²) in [5, 5.41) is 0. The third-order valence-corrected chi connectivity index (χ3v) is 4.47. The fraction of sp³-hybridized carbons (Fsp3) is 0.333. The minimum Gasteiger partial charge on any atom is -0.329 e. The molecule has 1 atom stereocenters. The number of nitrogens with zero attached hydrogens (tertiary/aromatic N) is 1. The average molecular weight is 347 g/mol. The van der Waals surface area contributed by atoms with E-state index in [0.717, 1.165) is 11.0 Å². The molecule has 2 aromatic carbocycles. The Hall–Kier alpha value is -1.16. The quantitative estimate of drug-likeness (QED) is 0.878. The van der Waals surface area contributed by atoms with Crippen molar-refractivity contribution >= 4 is 15.9 Å². The first-order valence-electron chi connectivity index (χ1n) is 7.23. The van der Waals surface area contributed by atoms with Crippen LogP contribution in [-0.4, -0.2) is 18.5 Å². The van der Waals surface area contributed by atoms with Crippen LogP contribution < -0.4 is 5.73 Å². The number of hydrogen-bond acceptors (Lipinski definition) is 2. The molecule has 0 bridgehead atoms. The molecule has 0 amide bonds. The average Bonchev–Trinajstić information content (AvgIpc) is 2.42. The van der Waals surface area contributed by atoms with Crippen LogP contribution in [0.3, 0.4) is 0 Å². The zero-order valence-corrected chi connectivity index (χ0v) is 14.5. The molecule has 2 rings (SSSR count). The smallest absolute Gasteiger partial charge is 0.0482 e. The van der Waals surface area contributed by atoms with E-state index >= 15 is 0 Å². The molecule has 0 aliphatic heterocycles. The summed E-state index contributed by atoms with van der Waals surface area (Å²) in [5.74, 6) is 0. The molecule has 21 heavy (non-hydrogen) atoms. The Morgan fingerprint density at radius 3 is 2.43 bits per heavy atom. The third kappa shape index (κ3) is 4.16. The van der Waals surface area contributed by atoms with Crippen LogP contribution in [0.15, 0.2) is 46.9 Å². The fourth-order valence-electron chi connectivity index (χ4n) is 2.66. The molecular weight excluding hydrogens is 324 g/mol. The lowest BCUT2D eigenvalue weighted by Gasteiger charge is -2.28. The summed E-state index contributed by atoms with van der Waals surface area (Å²) in [4.78, 5) is 2.31. The van der Waals surface area contributed by atoms with E-state index in [2.05, 4.69) is 84.2 Å². The van der Waals surface area contributed by atoms with Crippen molar-refractivity contribution in [3.8, 4) is 0 Å². The van der Waals surface area contributed by atoms with Crippen molar-refractivity contribution in [3.63, 3.8) is 0 Å². The second-order valence-electron chi connectivity index (χ2n) is 5.68. The van der Waals surface area contributed by atoms with Gasteiger partial charge in [0.05, 0.1) is 0 Å². The highest BCUT2D eigenvalue weighted by atomic mass is 79.9. The summed E-state index contributed by atoms with van der Waals surface area (Å²) in [5.41, 5.74) is 11.1. The van der Waals surface area contributed by atoms with E-state index in [-0.39, 0.29) is 6.04 Å². The zero-order chi connectivity index (χ0) is 15.4. The van der Waals surface area contributed by atoms with Gasteiger partial charge >= 0.3 is 0 Å². The molecule has 2 N–H and O–H groups in total. The van der Waals surface area contributed by atoms with Crippen molar-refractivity contribution in [3.05, 3.63) is 69.2 Å². The van der Waals surface area contributed by atoms with Crippen molar-refractivity contribution in [1.29, 1.82) is 0 Å². The van der Waals surface area contributed by atoms with Crippen molar-refractivity contribution in [2.75, 3.05) is 13.6 Å². The maximum atomic E-state index is 6.03. The predicted molar refractivity (Wildman–Crippen MR) is 93.3 cm³/mol. The summed E-state index contributed by atoms with van der Waals surface area (Å²) in [7, 11) is 2.13. The van der Waals surface area contributed by atoms with Crippen LogP contribution in [-0.2, 0) is 6.54 Å². The highest BCUT2D eigenvalue weighted by Gasteiger charge is 2.18. The van der Waals surface area contributed by atoms with Crippen LogP contribution in [0.25, 0.3) is 0 Å². The molecule has 2 aromatic rings. The summed E-state index contributed by atoms with van der Waals surface area (Å²) in [6.45, 7) is 5.72. The Morgan fingerprint density at radius 1 is 1.10 bits per heavy atom. The Balaban J connectivity index is 2.20. The fourth-order valence-corrected chi connectivity index (χ4v) is 3.41. The van der Waals surface area contributed by atoms with E-state index in [1.807, 2.05) is 0 Å². The van der Waals surface area contributed by atoms with Gasteiger partial charge in [-0.05, 0) is 43.7 Å². The predicted octanol–water partition coefficient (Wildman–Crippen LogP) is 4.20. The minimum atomic E-state index is 0.209. The van der Waals surface area contributed by atoms with Gasteiger partial charge in [-0.3, -0.25) is 4.90 Å². The molecule has 1 unspecified atom stereocenters. The highest BCUT2D eigenvalue weighted by Crippen LogP contribution is 2.28. The molecule has 2 nitrogen and oxygen atoms in total. The molecule has 0 radical (unpaired) electrons. The van der Waals surface area contributed by atoms with Gasteiger partial charge in [-0.2, -0.15) is 0 Å². The van der Waals surface area contributed by atoms with Gasteiger partial charge in [0.2, 0.25) is 0 Å². The topological polar surface area (TPSA) is 29.3 Å². The van der Waals surface area contributed by atoms with Crippen LogP contribution in [0.5, 0.6) is 0 Å². The molecule has 0 heterocycles. The maximum absolute atomic E-state index is 6.03. The Labute approximate surface area is 136 Å². The van der Waals surface area contributed by atoms with E-state index in [0.29, 0.717) is 6.54 Å². The molecule has 0 fully saturated rings. The summed E-state index contributed by atoms with van der Waals surface area (Å²) >= 11 is 3.67. The SMILES string of the molecule is Cc1cccc(CN(C)C(CN)c2ccc(C)cc2Br)c1. The van der Waals surface area contributed by atoms with Gasteiger partial charge in [0.15, 0.2) is 0 Å². The van der Waals surface area contributed by atoms with Crippen LogP contribution in [0.1, 0.15) is 28.3 Å². The first-order valence-corrected chi connectivity index (χ1v) is 8.02. The van der Waals surface area contributed by atoms with Crippen LogP contribution >= 0.6 is 15.9 Å². The molecule has 0 aliphatic carbocycles. The second kappa shape index (κ2) is 7.21. The van der Waals surface area contributed by atoms with Gasteiger partial charge in [-0.1, -0.05) is 57.9 Å². The third-order valence-electron chi connectivity index (χ3n) is 3.78. The van der Waals surface area contributed by atoms with Crippen molar-refractivity contribution in [2.24, 2.45) is 5.73 Å². The van der Waals surface area contributed by atoms with Crippen molar-refractivity contribution in [1.82, 2.24) is 4.90 Å². The maximum Gasteiger partial charge on any atom is 0.0482 e. The van der Waals surface area contributed by atoms with E-state index in [9.17, 15) is 0 Å². The molecule has 3 heteroatoms. The van der Waals surface area contributed by atoms with Gasteiger partial charge in [-0.15, -0.1) is 0 Å². The standard InChI is InChI=1S/C18H23BrN2/c1-13-5-4-6-15(9-13)12-21(3)18(11-20)16-8-7-14(2)10-17(16)19/h4-10,18H,11-12,20H2,1-3H3. The number of likely N-dealkylation sites (N-methyl/N-ethyl adjacent to an activating group) is 1. The van der Waals surface area contributed by atoms with Gasteiger partial charge in [0, 0.05) is 23.6 Å². The normalized spacial score (nSPS) is 12.7. The van der Waals surface area contributed by atoms with Gasteiger partial charge in [0.1, 0.15) is 0 Å². The van der Waals surface area contributed by atoms with Gasteiger partial charge in [0.25, 0.3) is 0 Å². The summed E-state index contributed by atoms with van der Waals surface area (Å²) in [6.07, 6.45) is 0.